The average molecular weight is 420 g/mol. The topological polar surface area (TPSA) is 75.2 Å². The highest BCUT2D eigenvalue weighted by atomic mass is 19.3. The maximum atomic E-state index is 14.4. The van der Waals surface area contributed by atoms with Gasteiger partial charge in [-0.1, -0.05) is 0 Å². The van der Waals surface area contributed by atoms with Gasteiger partial charge in [0.25, 0.3) is 0 Å². The van der Waals surface area contributed by atoms with Crippen molar-refractivity contribution in [3.8, 4) is 5.75 Å². The molecule has 11 heteroatoms. The number of pyridine rings is 1. The molecule has 2 bridgehead atoms. The van der Waals surface area contributed by atoms with E-state index in [0.29, 0.717) is 29.2 Å². The molecule has 2 aliphatic heterocycles. The molecule has 2 fully saturated rings. The van der Waals surface area contributed by atoms with E-state index < -0.39 is 24.0 Å². The third-order valence-corrected chi connectivity index (χ3v) is 5.31. The van der Waals surface area contributed by atoms with Gasteiger partial charge in [-0.15, -0.1) is 0 Å². The highest BCUT2D eigenvalue weighted by Gasteiger charge is 2.38. The molecule has 2 atom stereocenters. The number of hydrogen-bond acceptors (Lipinski definition) is 7. The largest absolute Gasteiger partial charge is 0.432 e. The van der Waals surface area contributed by atoms with Gasteiger partial charge in [0.05, 0.1) is 11.2 Å². The van der Waals surface area contributed by atoms with Crippen LogP contribution in [0.4, 0.5) is 34.9 Å². The van der Waals surface area contributed by atoms with Crippen molar-refractivity contribution in [2.24, 2.45) is 0 Å². The van der Waals surface area contributed by atoms with E-state index >= 15 is 0 Å². The second-order valence-corrected chi connectivity index (χ2v) is 7.17. The second kappa shape index (κ2) is 7.24. The van der Waals surface area contributed by atoms with Gasteiger partial charge < -0.3 is 20.3 Å². The Morgan fingerprint density at radius 2 is 2.03 bits per heavy atom. The summed E-state index contributed by atoms with van der Waals surface area (Å²) in [4.78, 5) is 15.1. The minimum absolute atomic E-state index is 0.171. The fourth-order valence-electron chi connectivity index (χ4n) is 3.96. The molecule has 4 heterocycles. The molecule has 0 radical (unpaired) electrons. The van der Waals surface area contributed by atoms with E-state index in [4.69, 9.17) is 0 Å². The smallest absolute Gasteiger partial charge is 0.387 e. The van der Waals surface area contributed by atoms with Crippen LogP contribution in [-0.2, 0) is 0 Å². The van der Waals surface area contributed by atoms with Crippen LogP contribution in [0.3, 0.4) is 0 Å². The Bertz CT molecular complexity index is 1110. The molecule has 7 nitrogen and oxygen atoms in total. The molecule has 0 aliphatic carbocycles. The van der Waals surface area contributed by atoms with Crippen LogP contribution in [0.15, 0.2) is 30.6 Å². The highest BCUT2D eigenvalue weighted by Crippen LogP contribution is 2.32. The van der Waals surface area contributed by atoms with Gasteiger partial charge in [0.15, 0.2) is 23.2 Å². The van der Waals surface area contributed by atoms with Gasteiger partial charge in [0.1, 0.15) is 17.7 Å². The van der Waals surface area contributed by atoms with Crippen LogP contribution in [0.2, 0.25) is 0 Å². The lowest BCUT2D eigenvalue weighted by Crippen LogP contribution is -2.44. The summed E-state index contributed by atoms with van der Waals surface area (Å²) < 4.78 is 57.0. The summed E-state index contributed by atoms with van der Waals surface area (Å²) in [5.41, 5.74) is 0.626. The molecule has 5 rings (SSSR count). The maximum absolute atomic E-state index is 14.4. The van der Waals surface area contributed by atoms with Crippen LogP contribution < -0.4 is 20.3 Å². The number of ether oxygens (including phenoxy) is 1. The van der Waals surface area contributed by atoms with E-state index in [1.807, 2.05) is 6.07 Å². The summed E-state index contributed by atoms with van der Waals surface area (Å²) in [5, 5.41) is 6.11. The van der Waals surface area contributed by atoms with Crippen molar-refractivity contribution < 1.29 is 22.3 Å². The molecule has 0 amide bonds. The number of piperazine rings is 1. The number of hydrogen-bond donors (Lipinski definition) is 2. The minimum Gasteiger partial charge on any atom is -0.432 e. The SMILES string of the molecule is Fc1cc(OC(F)F)c(F)cc1Nc1ncnc2ccc(N3C[C@@H]4C[C@H]3CN4)nc12. The number of halogens is 4. The Kier molecular flexibility index (Phi) is 4.54. The van der Waals surface area contributed by atoms with Crippen molar-refractivity contribution in [2.45, 2.75) is 25.1 Å². The van der Waals surface area contributed by atoms with E-state index in [1.54, 1.807) is 6.07 Å². The van der Waals surface area contributed by atoms with Gasteiger partial charge in [-0.2, -0.15) is 8.78 Å². The molecule has 156 valence electrons. The van der Waals surface area contributed by atoms with E-state index in [1.165, 1.54) is 6.33 Å². The molecule has 0 saturated carbocycles. The highest BCUT2D eigenvalue weighted by molar-refractivity contribution is 5.88. The molecule has 2 aliphatic rings. The van der Waals surface area contributed by atoms with Crippen LogP contribution in [0.5, 0.6) is 5.75 Å². The average Bonchev–Trinajstić information content (AvgIpc) is 3.35. The van der Waals surface area contributed by atoms with E-state index in [9.17, 15) is 17.6 Å². The van der Waals surface area contributed by atoms with Crippen molar-refractivity contribution in [1.29, 1.82) is 0 Å². The Morgan fingerprint density at radius 1 is 1.17 bits per heavy atom. The molecule has 2 saturated heterocycles. The Hall–Kier alpha value is -3.21. The van der Waals surface area contributed by atoms with Crippen molar-refractivity contribution in [3.05, 3.63) is 42.2 Å². The Morgan fingerprint density at radius 3 is 2.77 bits per heavy atom. The summed E-state index contributed by atoms with van der Waals surface area (Å²) in [7, 11) is 0. The van der Waals surface area contributed by atoms with Crippen molar-refractivity contribution in [1.82, 2.24) is 20.3 Å². The third kappa shape index (κ3) is 3.34. The first kappa shape index (κ1) is 18.8. The maximum Gasteiger partial charge on any atom is 0.387 e. The predicted molar refractivity (Wildman–Crippen MR) is 101 cm³/mol. The van der Waals surface area contributed by atoms with E-state index in [0.717, 1.165) is 31.4 Å². The zero-order chi connectivity index (χ0) is 20.8. The zero-order valence-corrected chi connectivity index (χ0v) is 15.4. The molecule has 1 aromatic carbocycles. The van der Waals surface area contributed by atoms with Crippen molar-refractivity contribution >= 4 is 28.4 Å². The van der Waals surface area contributed by atoms with Crippen LogP contribution >= 0.6 is 0 Å². The van der Waals surface area contributed by atoms with Gasteiger partial charge in [-0.25, -0.2) is 23.7 Å². The van der Waals surface area contributed by atoms with Gasteiger partial charge in [0.2, 0.25) is 0 Å². The number of nitrogens with zero attached hydrogens (tertiary/aromatic N) is 4. The van der Waals surface area contributed by atoms with Gasteiger partial charge >= 0.3 is 6.61 Å². The van der Waals surface area contributed by atoms with Crippen LogP contribution in [0.1, 0.15) is 6.42 Å². The zero-order valence-electron chi connectivity index (χ0n) is 15.4. The number of anilines is 3. The first-order valence-corrected chi connectivity index (χ1v) is 9.30. The van der Waals surface area contributed by atoms with Crippen molar-refractivity contribution in [2.75, 3.05) is 23.3 Å². The Balaban J connectivity index is 1.48. The fourth-order valence-corrected chi connectivity index (χ4v) is 3.96. The summed E-state index contributed by atoms with van der Waals surface area (Å²) in [6.07, 6.45) is 2.32. The molecular weight excluding hydrogens is 404 g/mol. The summed E-state index contributed by atoms with van der Waals surface area (Å²) in [5.74, 6) is -2.06. The van der Waals surface area contributed by atoms with Crippen molar-refractivity contribution in [3.63, 3.8) is 0 Å². The van der Waals surface area contributed by atoms with E-state index in [-0.39, 0.29) is 11.5 Å². The first-order valence-electron chi connectivity index (χ1n) is 9.30. The third-order valence-electron chi connectivity index (χ3n) is 5.31. The summed E-state index contributed by atoms with van der Waals surface area (Å²) >= 11 is 0. The summed E-state index contributed by atoms with van der Waals surface area (Å²) in [6.45, 7) is -1.54. The van der Waals surface area contributed by atoms with Gasteiger partial charge in [-0.05, 0) is 18.6 Å². The number of fused-ring (bicyclic) bond motifs is 3. The number of aromatic nitrogens is 3. The summed E-state index contributed by atoms with van der Waals surface area (Å²) in [6, 6.07) is 5.74. The number of rotatable bonds is 5. The molecule has 3 aromatic rings. The Labute approximate surface area is 168 Å². The lowest BCUT2D eigenvalue weighted by atomic mass is 10.2. The van der Waals surface area contributed by atoms with Crippen LogP contribution in [-0.4, -0.2) is 46.7 Å². The van der Waals surface area contributed by atoms with Crippen LogP contribution in [0.25, 0.3) is 11.0 Å². The van der Waals surface area contributed by atoms with Gasteiger partial charge in [-0.3, -0.25) is 0 Å². The molecule has 30 heavy (non-hydrogen) atoms. The number of alkyl halides is 2. The quantitative estimate of drug-likeness (QED) is 0.614. The second-order valence-electron chi connectivity index (χ2n) is 7.17. The first-order chi connectivity index (χ1) is 14.5. The standard InChI is InChI=1S/C19H16F4N6O/c20-11-5-15(30-19(22)23)12(21)4-14(11)27-18-17-13(25-8-26-18)1-2-16(28-17)29-7-9-3-10(29)6-24-9/h1-2,4-5,8-10,19,24H,3,6-7H2,(H,25,26,27)/t9-,10-/m0/s1. The fraction of sp³-hybridized carbons (Fsp3) is 0.316. The number of benzene rings is 1. The monoisotopic (exact) mass is 420 g/mol. The normalized spacial score (nSPS) is 20.4. The lowest BCUT2D eigenvalue weighted by molar-refractivity contribution is -0.0523. The molecule has 2 aromatic heterocycles. The molecule has 0 spiro atoms. The van der Waals surface area contributed by atoms with Crippen LogP contribution in [0, 0.1) is 11.6 Å². The molecular formula is C19H16F4N6O. The lowest BCUT2D eigenvalue weighted by Gasteiger charge is -2.28. The minimum atomic E-state index is -3.26. The molecule has 2 N–H and O–H groups in total. The molecule has 0 unspecified atom stereocenters. The number of nitrogens with one attached hydrogen (secondary N) is 2. The predicted octanol–water partition coefficient (Wildman–Crippen LogP) is 3.20. The van der Waals surface area contributed by atoms with E-state index in [2.05, 4.69) is 35.2 Å². The van der Waals surface area contributed by atoms with Gasteiger partial charge in [0, 0.05) is 37.3 Å².